The van der Waals surface area contributed by atoms with Crippen molar-refractivity contribution in [2.75, 3.05) is 26.8 Å². The molecule has 0 aliphatic carbocycles. The first-order valence-electron chi connectivity index (χ1n) is 5.65. The van der Waals surface area contributed by atoms with E-state index in [-0.39, 0.29) is 11.9 Å². The Hall–Kier alpha value is -0.610. The van der Waals surface area contributed by atoms with E-state index < -0.39 is 0 Å². The van der Waals surface area contributed by atoms with Gasteiger partial charge < -0.3 is 15.4 Å². The van der Waals surface area contributed by atoms with Gasteiger partial charge in [-0.25, -0.2) is 0 Å². The van der Waals surface area contributed by atoms with E-state index >= 15 is 0 Å². The molecule has 0 bridgehead atoms. The maximum absolute atomic E-state index is 11.7. The molecule has 1 unspecified atom stereocenters. The van der Waals surface area contributed by atoms with Crippen molar-refractivity contribution in [3.63, 3.8) is 0 Å². The second-order valence-corrected chi connectivity index (χ2v) is 4.46. The number of hydrogen-bond acceptors (Lipinski definition) is 3. The highest BCUT2D eigenvalue weighted by Crippen LogP contribution is 2.17. The lowest BCUT2D eigenvalue weighted by molar-refractivity contribution is -0.133. The molecule has 0 aromatic rings. The molecule has 1 heterocycles. The molecule has 0 radical (unpaired) electrons. The van der Waals surface area contributed by atoms with Gasteiger partial charge in [-0.15, -0.1) is 0 Å². The second kappa shape index (κ2) is 6.08. The molecule has 1 fully saturated rings. The van der Waals surface area contributed by atoms with Crippen LogP contribution < -0.4 is 5.73 Å². The van der Waals surface area contributed by atoms with E-state index in [1.54, 1.807) is 7.11 Å². The molecule has 1 atom stereocenters. The number of nitrogens with two attached hydrogens (primary N) is 1. The van der Waals surface area contributed by atoms with Crippen LogP contribution in [0, 0.1) is 5.92 Å². The first-order valence-corrected chi connectivity index (χ1v) is 5.65. The van der Waals surface area contributed by atoms with Crippen LogP contribution in [0.4, 0.5) is 0 Å². The van der Waals surface area contributed by atoms with E-state index in [2.05, 4.69) is 0 Å². The zero-order valence-corrected chi connectivity index (χ0v) is 9.74. The summed E-state index contributed by atoms with van der Waals surface area (Å²) < 4.78 is 5.12. The van der Waals surface area contributed by atoms with Gasteiger partial charge in [-0.05, 0) is 25.7 Å². The van der Waals surface area contributed by atoms with E-state index in [9.17, 15) is 4.79 Å². The Morgan fingerprint density at radius 3 is 2.60 bits per heavy atom. The zero-order chi connectivity index (χ0) is 11.3. The molecule has 0 saturated carbocycles. The van der Waals surface area contributed by atoms with Crippen LogP contribution in [-0.2, 0) is 9.53 Å². The molecule has 88 valence electrons. The van der Waals surface area contributed by atoms with Crippen molar-refractivity contribution in [2.24, 2.45) is 11.7 Å². The van der Waals surface area contributed by atoms with Crippen molar-refractivity contribution in [1.29, 1.82) is 0 Å². The number of amides is 1. The van der Waals surface area contributed by atoms with Gasteiger partial charge >= 0.3 is 0 Å². The van der Waals surface area contributed by atoms with Gasteiger partial charge in [-0.1, -0.05) is 0 Å². The van der Waals surface area contributed by atoms with Crippen molar-refractivity contribution in [3.05, 3.63) is 0 Å². The van der Waals surface area contributed by atoms with Crippen molar-refractivity contribution in [3.8, 4) is 0 Å². The van der Waals surface area contributed by atoms with E-state index in [1.807, 2.05) is 11.8 Å². The number of hydrogen-bond donors (Lipinski definition) is 1. The first-order chi connectivity index (χ1) is 7.13. The highest BCUT2D eigenvalue weighted by molar-refractivity contribution is 5.76. The molecule has 0 aromatic heterocycles. The van der Waals surface area contributed by atoms with Crippen LogP contribution in [0.3, 0.4) is 0 Å². The van der Waals surface area contributed by atoms with Crippen molar-refractivity contribution in [1.82, 2.24) is 4.90 Å². The largest absolute Gasteiger partial charge is 0.384 e. The molecule has 1 amide bonds. The molecule has 1 saturated heterocycles. The predicted octanol–water partition coefficient (Wildman–Crippen LogP) is 0.609. The predicted molar refractivity (Wildman–Crippen MR) is 59.4 cm³/mol. The van der Waals surface area contributed by atoms with Crippen LogP contribution >= 0.6 is 0 Å². The zero-order valence-electron chi connectivity index (χ0n) is 9.74. The SMILES string of the molecule is COCC1CCN(C(=O)CC(C)N)CC1. The summed E-state index contributed by atoms with van der Waals surface area (Å²) in [4.78, 5) is 13.6. The molecule has 1 aliphatic heterocycles. The number of carbonyl (C=O) groups excluding carboxylic acids is 1. The van der Waals surface area contributed by atoms with Gasteiger partial charge in [0.05, 0.1) is 0 Å². The minimum Gasteiger partial charge on any atom is -0.384 e. The van der Waals surface area contributed by atoms with Crippen LogP contribution in [-0.4, -0.2) is 43.7 Å². The molecule has 4 heteroatoms. The summed E-state index contributed by atoms with van der Waals surface area (Å²) in [5, 5.41) is 0. The quantitative estimate of drug-likeness (QED) is 0.746. The fraction of sp³-hybridized carbons (Fsp3) is 0.909. The van der Waals surface area contributed by atoms with Gasteiger partial charge in [0, 0.05) is 39.3 Å². The highest BCUT2D eigenvalue weighted by Gasteiger charge is 2.22. The van der Waals surface area contributed by atoms with Gasteiger partial charge in [-0.2, -0.15) is 0 Å². The van der Waals surface area contributed by atoms with Crippen LogP contribution in [0.25, 0.3) is 0 Å². The van der Waals surface area contributed by atoms with Gasteiger partial charge in [-0.3, -0.25) is 4.79 Å². The van der Waals surface area contributed by atoms with Crippen molar-refractivity contribution < 1.29 is 9.53 Å². The molecule has 0 aromatic carbocycles. The summed E-state index contributed by atoms with van der Waals surface area (Å²) in [7, 11) is 1.73. The second-order valence-electron chi connectivity index (χ2n) is 4.46. The van der Waals surface area contributed by atoms with Crippen molar-refractivity contribution >= 4 is 5.91 Å². The van der Waals surface area contributed by atoms with Crippen LogP contribution in [0.1, 0.15) is 26.2 Å². The molecule has 15 heavy (non-hydrogen) atoms. The number of piperidine rings is 1. The van der Waals surface area contributed by atoms with Gasteiger partial charge in [0.1, 0.15) is 0 Å². The Morgan fingerprint density at radius 2 is 2.13 bits per heavy atom. The third kappa shape index (κ3) is 4.18. The summed E-state index contributed by atoms with van der Waals surface area (Å²) in [5.41, 5.74) is 5.61. The summed E-state index contributed by atoms with van der Waals surface area (Å²) >= 11 is 0. The third-order valence-corrected chi connectivity index (χ3v) is 2.87. The fourth-order valence-corrected chi connectivity index (χ4v) is 1.99. The first kappa shape index (κ1) is 12.5. The summed E-state index contributed by atoms with van der Waals surface area (Å²) in [6.45, 7) is 4.41. The molecule has 2 N–H and O–H groups in total. The minimum atomic E-state index is -0.0331. The Labute approximate surface area is 91.8 Å². The normalized spacial score (nSPS) is 20.3. The minimum absolute atomic E-state index is 0.0331. The number of methoxy groups -OCH3 is 1. The van der Waals surface area contributed by atoms with E-state index in [0.717, 1.165) is 32.5 Å². The van der Waals surface area contributed by atoms with Crippen molar-refractivity contribution in [2.45, 2.75) is 32.2 Å². The van der Waals surface area contributed by atoms with Gasteiger partial charge in [0.25, 0.3) is 0 Å². The Morgan fingerprint density at radius 1 is 1.53 bits per heavy atom. The lowest BCUT2D eigenvalue weighted by Gasteiger charge is -2.32. The average molecular weight is 214 g/mol. The molecular weight excluding hydrogens is 192 g/mol. The maximum Gasteiger partial charge on any atom is 0.224 e. The van der Waals surface area contributed by atoms with Crippen LogP contribution in [0.5, 0.6) is 0 Å². The monoisotopic (exact) mass is 214 g/mol. The van der Waals surface area contributed by atoms with Crippen LogP contribution in [0.15, 0.2) is 0 Å². The number of carbonyl (C=O) groups is 1. The molecule has 1 aliphatic rings. The Bertz CT molecular complexity index is 199. The average Bonchev–Trinajstić information content (AvgIpc) is 2.18. The van der Waals surface area contributed by atoms with E-state index in [4.69, 9.17) is 10.5 Å². The highest BCUT2D eigenvalue weighted by atomic mass is 16.5. The molecular formula is C11H22N2O2. The Balaban J connectivity index is 2.27. The topological polar surface area (TPSA) is 55.6 Å². The summed E-state index contributed by atoms with van der Waals surface area (Å²) in [5.74, 6) is 0.815. The number of ether oxygens (including phenoxy) is 1. The summed E-state index contributed by atoms with van der Waals surface area (Å²) in [6, 6.07) is -0.0331. The lowest BCUT2D eigenvalue weighted by Crippen LogP contribution is -2.41. The lowest BCUT2D eigenvalue weighted by atomic mass is 9.97. The number of likely N-dealkylation sites (tertiary alicyclic amines) is 1. The molecule has 4 nitrogen and oxygen atoms in total. The maximum atomic E-state index is 11.7. The third-order valence-electron chi connectivity index (χ3n) is 2.87. The molecule has 0 spiro atoms. The van der Waals surface area contributed by atoms with E-state index in [1.165, 1.54) is 0 Å². The number of nitrogens with zero attached hydrogens (tertiary/aromatic N) is 1. The van der Waals surface area contributed by atoms with Gasteiger partial charge in [0.2, 0.25) is 5.91 Å². The van der Waals surface area contributed by atoms with E-state index in [0.29, 0.717) is 12.3 Å². The van der Waals surface area contributed by atoms with Gasteiger partial charge in [0.15, 0.2) is 0 Å². The number of rotatable bonds is 4. The fourth-order valence-electron chi connectivity index (χ4n) is 1.99. The summed E-state index contributed by atoms with van der Waals surface area (Å²) in [6.07, 6.45) is 2.58. The Kier molecular flexibility index (Phi) is 5.05. The standard InChI is InChI=1S/C11H22N2O2/c1-9(12)7-11(14)13-5-3-10(4-6-13)8-15-2/h9-10H,3-8,12H2,1-2H3. The van der Waals surface area contributed by atoms with Crippen LogP contribution in [0.2, 0.25) is 0 Å². The molecule has 1 rings (SSSR count). The smallest absolute Gasteiger partial charge is 0.224 e.